The number of aliphatic imine (C=N–C) groups is 1. The van der Waals surface area contributed by atoms with Crippen molar-refractivity contribution in [3.8, 4) is 23.7 Å². The van der Waals surface area contributed by atoms with Crippen molar-refractivity contribution < 1.29 is 14.7 Å². The molecule has 0 fully saturated rings. The lowest BCUT2D eigenvalue weighted by atomic mass is 10.0. The average Bonchev–Trinajstić information content (AvgIpc) is 2.82. The Balaban J connectivity index is 6.17. The van der Waals surface area contributed by atoms with Gasteiger partial charge in [-0.15, -0.1) is 0 Å². The lowest BCUT2D eigenvalue weighted by molar-refractivity contribution is -0.110. The molecule has 4 heteroatoms. The van der Waals surface area contributed by atoms with E-state index in [0.29, 0.717) is 11.1 Å². The summed E-state index contributed by atoms with van der Waals surface area (Å²) in [4.78, 5) is 29.1. The van der Waals surface area contributed by atoms with Gasteiger partial charge in [0.2, 0.25) is 11.6 Å². The van der Waals surface area contributed by atoms with Crippen LogP contribution in [0.4, 0.5) is 0 Å². The van der Waals surface area contributed by atoms with Gasteiger partial charge in [0.1, 0.15) is 5.76 Å². The number of rotatable bonds is 10. The van der Waals surface area contributed by atoms with E-state index in [2.05, 4.69) is 55.0 Å². The molecule has 0 aliphatic carbocycles. The maximum absolute atomic E-state index is 12.6. The van der Waals surface area contributed by atoms with Crippen molar-refractivity contribution in [2.45, 2.75) is 13.8 Å². The molecule has 0 aliphatic rings. The Morgan fingerprint density at radius 2 is 1.48 bits per heavy atom. The van der Waals surface area contributed by atoms with Crippen LogP contribution in [0.2, 0.25) is 0 Å². The van der Waals surface area contributed by atoms with Gasteiger partial charge in [0.15, 0.2) is 0 Å². The first kappa shape index (κ1) is 28.3. The van der Waals surface area contributed by atoms with Crippen molar-refractivity contribution in [3.05, 3.63) is 121 Å². The molecule has 166 valence electrons. The minimum absolute atomic E-state index is 0.207. The second kappa shape index (κ2) is 17.1. The van der Waals surface area contributed by atoms with Crippen LogP contribution in [-0.2, 0) is 9.59 Å². The number of aliphatic hydroxyl groups excluding tert-OH is 1. The van der Waals surface area contributed by atoms with E-state index < -0.39 is 17.3 Å². The van der Waals surface area contributed by atoms with Gasteiger partial charge in [-0.05, 0) is 43.9 Å². The predicted octanol–water partition coefficient (Wildman–Crippen LogP) is 5.65. The molecule has 0 unspecified atom stereocenters. The maximum atomic E-state index is 12.6. The number of allylic oxidation sites excluding steroid dienone is 14. The van der Waals surface area contributed by atoms with Gasteiger partial charge in [-0.1, -0.05) is 80.7 Å². The fourth-order valence-corrected chi connectivity index (χ4v) is 2.03. The number of aliphatic hydroxyl groups is 1. The standard InChI is InChI=1S/C29H27NO3/c1-7-13-14-16-23(9-3)17-19-27(31)25(11-5)29(33)26(15-8-2)28(32)20-18-24(10-4)21-22-30-12-6/h7-16,21-22,33H,1-3,5H2,4,6H3/b14-13-,22-21-,23-16+,24-10-,26-15-,29-25-,30-12-. The van der Waals surface area contributed by atoms with Gasteiger partial charge in [0.05, 0.1) is 11.1 Å². The topological polar surface area (TPSA) is 66.7 Å². The zero-order chi connectivity index (χ0) is 25.1. The van der Waals surface area contributed by atoms with Gasteiger partial charge in [0.25, 0.3) is 0 Å². The molecule has 0 radical (unpaired) electrons. The Labute approximate surface area is 196 Å². The molecular weight excluding hydrogens is 410 g/mol. The van der Waals surface area contributed by atoms with Gasteiger partial charge in [-0.25, -0.2) is 0 Å². The van der Waals surface area contributed by atoms with E-state index in [4.69, 9.17) is 0 Å². The number of ketones is 2. The van der Waals surface area contributed by atoms with Crippen molar-refractivity contribution in [3.63, 3.8) is 0 Å². The molecule has 0 aliphatic heterocycles. The second-order valence-corrected chi connectivity index (χ2v) is 5.85. The van der Waals surface area contributed by atoms with E-state index in [0.717, 1.165) is 6.08 Å². The summed E-state index contributed by atoms with van der Waals surface area (Å²) in [5.41, 5.74) is 0.587. The molecule has 0 rings (SSSR count). The van der Waals surface area contributed by atoms with Gasteiger partial charge in [0, 0.05) is 23.6 Å². The van der Waals surface area contributed by atoms with Crippen molar-refractivity contribution in [2.75, 3.05) is 0 Å². The van der Waals surface area contributed by atoms with E-state index in [1.54, 1.807) is 62.7 Å². The lowest BCUT2D eigenvalue weighted by Gasteiger charge is -2.04. The molecule has 0 amide bonds. The summed E-state index contributed by atoms with van der Waals surface area (Å²) in [6.07, 6.45) is 18.3. The first-order valence-electron chi connectivity index (χ1n) is 9.83. The lowest BCUT2D eigenvalue weighted by Crippen LogP contribution is -2.09. The highest BCUT2D eigenvalue weighted by atomic mass is 16.3. The molecule has 0 spiro atoms. The third kappa shape index (κ3) is 10.8. The monoisotopic (exact) mass is 437 g/mol. The Hall–Kier alpha value is -4.67. The van der Waals surface area contributed by atoms with Crippen molar-refractivity contribution >= 4 is 17.8 Å². The number of hydrogen-bond acceptors (Lipinski definition) is 4. The summed E-state index contributed by atoms with van der Waals surface area (Å²) in [5.74, 6) is 8.18. The third-order valence-electron chi connectivity index (χ3n) is 3.67. The highest BCUT2D eigenvalue weighted by Gasteiger charge is 2.18. The van der Waals surface area contributed by atoms with Gasteiger partial charge in [-0.2, -0.15) is 0 Å². The minimum atomic E-state index is -0.729. The molecule has 0 bridgehead atoms. The molecule has 0 aromatic heterocycles. The molecule has 33 heavy (non-hydrogen) atoms. The number of carbonyl (C=O) groups excluding carboxylic acids is 2. The summed E-state index contributed by atoms with van der Waals surface area (Å²) in [5, 5.41) is 10.6. The quantitative estimate of drug-likeness (QED) is 0.120. The average molecular weight is 438 g/mol. The fourth-order valence-electron chi connectivity index (χ4n) is 2.03. The smallest absolute Gasteiger partial charge is 0.239 e. The minimum Gasteiger partial charge on any atom is -0.506 e. The molecule has 0 saturated heterocycles. The predicted molar refractivity (Wildman–Crippen MR) is 138 cm³/mol. The first-order chi connectivity index (χ1) is 15.9. The van der Waals surface area contributed by atoms with Gasteiger partial charge < -0.3 is 5.11 Å². The fraction of sp³-hybridized carbons (Fsp3) is 0.0690. The van der Waals surface area contributed by atoms with Crippen molar-refractivity contribution in [2.24, 2.45) is 4.99 Å². The van der Waals surface area contributed by atoms with Gasteiger partial charge in [-0.3, -0.25) is 14.6 Å². The van der Waals surface area contributed by atoms with Crippen molar-refractivity contribution in [1.29, 1.82) is 0 Å². The van der Waals surface area contributed by atoms with Crippen LogP contribution in [0.3, 0.4) is 0 Å². The second-order valence-electron chi connectivity index (χ2n) is 5.85. The van der Waals surface area contributed by atoms with Crippen LogP contribution in [0.5, 0.6) is 0 Å². The number of nitrogens with zero attached hydrogens (tertiary/aromatic N) is 1. The summed E-state index contributed by atoms with van der Waals surface area (Å²) in [7, 11) is 0. The van der Waals surface area contributed by atoms with Crippen LogP contribution in [0, 0.1) is 23.7 Å². The SMILES string of the molecule is C=C/C=C\C=C(\C#CC(=O)/C(C=C)=C(O)/C(=C\C=C)C(=O)C#CC(/C=C\N=C/C)=C/C)C=C. The molecule has 0 atom stereocenters. The van der Waals surface area contributed by atoms with Crippen LogP contribution < -0.4 is 0 Å². The van der Waals surface area contributed by atoms with Crippen molar-refractivity contribution in [1.82, 2.24) is 0 Å². The van der Waals surface area contributed by atoms with Crippen LogP contribution in [0.1, 0.15) is 13.8 Å². The zero-order valence-corrected chi connectivity index (χ0v) is 19.0. The summed E-state index contributed by atoms with van der Waals surface area (Å²) in [6, 6.07) is 0. The third-order valence-corrected chi connectivity index (χ3v) is 3.67. The highest BCUT2D eigenvalue weighted by molar-refractivity contribution is 6.16. The van der Waals surface area contributed by atoms with E-state index in [-0.39, 0.29) is 11.1 Å². The zero-order valence-electron chi connectivity index (χ0n) is 19.0. The Kier molecular flexibility index (Phi) is 14.6. The van der Waals surface area contributed by atoms with E-state index in [9.17, 15) is 14.7 Å². The van der Waals surface area contributed by atoms with E-state index in [1.807, 2.05) is 0 Å². The maximum Gasteiger partial charge on any atom is 0.239 e. The summed E-state index contributed by atoms with van der Waals surface area (Å²) >= 11 is 0. The molecule has 0 saturated carbocycles. The molecule has 0 heterocycles. The number of hydrogen-bond donors (Lipinski definition) is 1. The molecular formula is C29H27NO3. The number of carbonyl (C=O) groups is 2. The van der Waals surface area contributed by atoms with E-state index in [1.165, 1.54) is 18.2 Å². The van der Waals surface area contributed by atoms with Crippen LogP contribution >= 0.6 is 0 Å². The Morgan fingerprint density at radius 3 is 2.03 bits per heavy atom. The molecule has 0 aromatic rings. The molecule has 1 N–H and O–H groups in total. The molecule has 0 aromatic carbocycles. The normalized spacial score (nSPS) is 13.0. The van der Waals surface area contributed by atoms with E-state index >= 15 is 0 Å². The van der Waals surface area contributed by atoms with Crippen LogP contribution in [0.25, 0.3) is 0 Å². The number of Topliss-reactive ketones (excluding diaryl/α,β-unsaturated/α-hetero) is 2. The van der Waals surface area contributed by atoms with Crippen LogP contribution in [-0.4, -0.2) is 22.9 Å². The highest BCUT2D eigenvalue weighted by Crippen LogP contribution is 2.16. The Morgan fingerprint density at radius 1 is 0.818 bits per heavy atom. The summed E-state index contributed by atoms with van der Waals surface area (Å²) in [6.45, 7) is 17.8. The van der Waals surface area contributed by atoms with Crippen LogP contribution in [0.15, 0.2) is 126 Å². The molecule has 4 nitrogen and oxygen atoms in total. The van der Waals surface area contributed by atoms with Gasteiger partial charge >= 0.3 is 0 Å². The summed E-state index contributed by atoms with van der Waals surface area (Å²) < 4.78 is 0. The Bertz CT molecular complexity index is 1140. The largest absolute Gasteiger partial charge is 0.506 e. The first-order valence-corrected chi connectivity index (χ1v) is 9.83.